The van der Waals surface area contributed by atoms with Crippen LogP contribution in [0.3, 0.4) is 0 Å². The van der Waals surface area contributed by atoms with Crippen molar-refractivity contribution in [1.82, 2.24) is 15.1 Å². The first kappa shape index (κ1) is 39.3. The summed E-state index contributed by atoms with van der Waals surface area (Å²) in [6.07, 6.45) is 13.0. The Bertz CT molecular complexity index is 1460. The van der Waals surface area contributed by atoms with Gasteiger partial charge in [0.15, 0.2) is 0 Å². The number of allylic oxidation sites excluding steroid dienone is 1. The summed E-state index contributed by atoms with van der Waals surface area (Å²) in [5.41, 5.74) is 2.71. The van der Waals surface area contributed by atoms with Gasteiger partial charge in [0, 0.05) is 64.2 Å². The highest BCUT2D eigenvalue weighted by Crippen LogP contribution is 2.61. The Hall–Kier alpha value is -3.87. The number of benzene rings is 1. The fourth-order valence-corrected chi connectivity index (χ4v) is 8.75. The molecule has 52 heavy (non-hydrogen) atoms. The van der Waals surface area contributed by atoms with E-state index in [-0.39, 0.29) is 55.4 Å². The van der Waals surface area contributed by atoms with Crippen LogP contribution in [0.25, 0.3) is 0 Å². The number of likely N-dealkylation sites (N-methyl/N-ethyl adjacent to an activating group) is 1. The SMILES string of the molecule is C=CCOc1ccc2c(c1)C1C(CCCCO)C(CCCCO)C=C3C(=NOC)CC(N(C)C(=O)NCCCN4CCCC4=O)C(OCC=C)(O2)C31. The normalized spacial score (nSPS) is 26.9. The molecular formula is C40H58N4O8. The van der Waals surface area contributed by atoms with Crippen molar-refractivity contribution >= 4 is 17.6 Å². The van der Waals surface area contributed by atoms with E-state index in [4.69, 9.17) is 19.0 Å². The number of likely N-dealkylation sites (tertiary alicyclic amines) is 1. The van der Waals surface area contributed by atoms with Crippen LogP contribution in [-0.2, 0) is 14.4 Å². The Morgan fingerprint density at radius 1 is 1.13 bits per heavy atom. The monoisotopic (exact) mass is 722 g/mol. The number of urea groups is 1. The summed E-state index contributed by atoms with van der Waals surface area (Å²) in [4.78, 5) is 35.1. The first-order valence-corrected chi connectivity index (χ1v) is 19.0. The zero-order valence-electron chi connectivity index (χ0n) is 31.0. The van der Waals surface area contributed by atoms with E-state index in [1.165, 1.54) is 7.11 Å². The van der Waals surface area contributed by atoms with Gasteiger partial charge in [0.1, 0.15) is 31.3 Å². The number of carbonyl (C=O) groups excluding carboxylic acids is 2. The number of nitrogens with zero attached hydrogens (tertiary/aromatic N) is 3. The highest BCUT2D eigenvalue weighted by atomic mass is 16.7. The van der Waals surface area contributed by atoms with Crippen LogP contribution >= 0.6 is 0 Å². The largest absolute Gasteiger partial charge is 0.490 e. The Labute approximate surface area is 308 Å². The maximum Gasteiger partial charge on any atom is 0.317 e. The van der Waals surface area contributed by atoms with Gasteiger partial charge in [-0.2, -0.15) is 0 Å². The average Bonchev–Trinajstić information content (AvgIpc) is 3.57. The lowest BCUT2D eigenvalue weighted by Crippen LogP contribution is -2.70. The summed E-state index contributed by atoms with van der Waals surface area (Å²) < 4.78 is 20.0. The maximum atomic E-state index is 14.0. The van der Waals surface area contributed by atoms with Gasteiger partial charge in [-0.15, -0.1) is 6.58 Å². The van der Waals surface area contributed by atoms with Gasteiger partial charge < -0.3 is 44.4 Å². The van der Waals surface area contributed by atoms with Gasteiger partial charge in [-0.25, -0.2) is 4.79 Å². The minimum atomic E-state index is -1.31. The molecule has 1 aromatic rings. The van der Waals surface area contributed by atoms with E-state index in [0.717, 1.165) is 55.5 Å². The van der Waals surface area contributed by atoms with Gasteiger partial charge in [-0.3, -0.25) is 4.79 Å². The van der Waals surface area contributed by atoms with Gasteiger partial charge in [-0.1, -0.05) is 42.8 Å². The van der Waals surface area contributed by atoms with Gasteiger partial charge in [0.2, 0.25) is 11.7 Å². The van der Waals surface area contributed by atoms with Crippen LogP contribution in [0.4, 0.5) is 4.79 Å². The van der Waals surface area contributed by atoms with Crippen LogP contribution < -0.4 is 14.8 Å². The van der Waals surface area contributed by atoms with E-state index in [1.807, 2.05) is 17.0 Å². The van der Waals surface area contributed by atoms with Gasteiger partial charge >= 0.3 is 6.03 Å². The van der Waals surface area contributed by atoms with Crippen LogP contribution in [-0.4, -0.2) is 110 Å². The number of nitrogens with one attached hydrogen (secondary N) is 1. The molecule has 2 heterocycles. The number of hydrogen-bond donors (Lipinski definition) is 3. The van der Waals surface area contributed by atoms with Crippen LogP contribution in [0.1, 0.15) is 75.7 Å². The zero-order valence-corrected chi connectivity index (χ0v) is 31.0. The first-order chi connectivity index (χ1) is 25.3. The lowest BCUT2D eigenvalue weighted by atomic mass is 9.55. The van der Waals surface area contributed by atoms with Crippen molar-refractivity contribution in [2.75, 3.05) is 60.2 Å². The minimum Gasteiger partial charge on any atom is -0.490 e. The molecule has 6 unspecified atom stereocenters. The lowest BCUT2D eigenvalue weighted by molar-refractivity contribution is -0.252. The van der Waals surface area contributed by atoms with Crippen molar-refractivity contribution in [3.63, 3.8) is 0 Å². The maximum absolute atomic E-state index is 14.0. The Balaban J connectivity index is 1.59. The number of hydrogen-bond acceptors (Lipinski definition) is 9. The van der Waals surface area contributed by atoms with E-state index in [1.54, 1.807) is 24.1 Å². The van der Waals surface area contributed by atoms with E-state index in [2.05, 4.69) is 35.8 Å². The van der Waals surface area contributed by atoms with E-state index in [0.29, 0.717) is 63.3 Å². The topological polar surface area (TPSA) is 142 Å². The number of carbonyl (C=O) groups is 2. The number of fused-ring (bicyclic) bond motifs is 2. The second kappa shape index (κ2) is 18.8. The summed E-state index contributed by atoms with van der Waals surface area (Å²) in [6, 6.07) is 4.99. The van der Waals surface area contributed by atoms with Crippen molar-refractivity contribution < 1.29 is 38.9 Å². The number of aliphatic hydroxyl groups is 2. The zero-order chi connectivity index (χ0) is 37.1. The standard InChI is InChI=1S/C40H58N4O8/c1-5-23-50-29-16-17-34-32(26-29)37-30(14-8-10-22-46)28(13-7-9-21-45)25-31-33(42-49-4)27-35(40(52-34,38(31)37)51-24-6-2)43(3)39(48)41-18-12-20-44-19-11-15-36(44)47/h5-6,16-17,25-26,28,30,35,37-38,45-46H,1-2,7-15,18-24,27H2,3-4H3,(H,41,48). The van der Waals surface area contributed by atoms with E-state index < -0.39 is 11.8 Å². The summed E-state index contributed by atoms with van der Waals surface area (Å²) in [5.74, 6) is -0.0172. The highest BCUT2D eigenvalue weighted by Gasteiger charge is 2.65. The van der Waals surface area contributed by atoms with Crippen molar-refractivity contribution in [3.05, 3.63) is 60.7 Å². The molecule has 1 saturated heterocycles. The summed E-state index contributed by atoms with van der Waals surface area (Å²) in [5, 5.41) is 27.1. The molecule has 1 saturated carbocycles. The molecule has 2 fully saturated rings. The molecule has 286 valence electrons. The molecule has 6 atom stereocenters. The van der Waals surface area contributed by atoms with Crippen LogP contribution in [0.2, 0.25) is 0 Å². The van der Waals surface area contributed by atoms with E-state index in [9.17, 15) is 19.8 Å². The molecular weight excluding hydrogens is 664 g/mol. The number of amides is 3. The molecule has 0 aromatic heterocycles. The third-order valence-corrected chi connectivity index (χ3v) is 11.1. The molecule has 4 aliphatic rings. The molecule has 0 radical (unpaired) electrons. The molecule has 2 aliphatic heterocycles. The fraction of sp³-hybridized carbons (Fsp3) is 0.625. The number of rotatable bonds is 20. The molecule has 3 N–H and O–H groups in total. The Kier molecular flexibility index (Phi) is 14.2. The average molecular weight is 723 g/mol. The Morgan fingerprint density at radius 3 is 2.60 bits per heavy atom. The molecule has 1 aromatic carbocycles. The third-order valence-electron chi connectivity index (χ3n) is 11.1. The van der Waals surface area contributed by atoms with Crippen molar-refractivity contribution in [2.45, 2.75) is 82.0 Å². The fourth-order valence-electron chi connectivity index (χ4n) is 8.75. The smallest absolute Gasteiger partial charge is 0.317 e. The minimum absolute atomic E-state index is 0.115. The number of aliphatic hydroxyl groups excluding tert-OH is 2. The number of oxime groups is 1. The molecule has 5 rings (SSSR count). The van der Waals surface area contributed by atoms with Crippen LogP contribution in [0, 0.1) is 17.8 Å². The van der Waals surface area contributed by atoms with Crippen LogP contribution in [0.5, 0.6) is 11.5 Å². The summed E-state index contributed by atoms with van der Waals surface area (Å²) in [7, 11) is 3.30. The lowest BCUT2D eigenvalue weighted by Gasteiger charge is -2.59. The van der Waals surface area contributed by atoms with Gasteiger partial charge in [0.25, 0.3) is 0 Å². The quantitative estimate of drug-likeness (QED) is 0.0952. The number of ether oxygens (including phenoxy) is 3. The molecule has 2 aliphatic carbocycles. The highest BCUT2D eigenvalue weighted by molar-refractivity contribution is 6.03. The van der Waals surface area contributed by atoms with Crippen molar-refractivity contribution in [3.8, 4) is 11.5 Å². The molecule has 12 nitrogen and oxygen atoms in total. The van der Waals surface area contributed by atoms with Crippen LogP contribution in [0.15, 0.2) is 60.3 Å². The van der Waals surface area contributed by atoms with Gasteiger partial charge in [-0.05, 0) is 74.1 Å². The molecule has 12 heteroatoms. The first-order valence-electron chi connectivity index (χ1n) is 19.0. The van der Waals surface area contributed by atoms with E-state index >= 15 is 0 Å². The molecule has 0 spiro atoms. The second-order valence-electron chi connectivity index (χ2n) is 14.2. The van der Waals surface area contributed by atoms with Gasteiger partial charge in [0.05, 0.1) is 18.2 Å². The predicted octanol–water partition coefficient (Wildman–Crippen LogP) is 5.17. The molecule has 0 bridgehead atoms. The van der Waals surface area contributed by atoms with Crippen molar-refractivity contribution in [1.29, 1.82) is 0 Å². The molecule has 3 amide bonds. The van der Waals surface area contributed by atoms with Crippen molar-refractivity contribution in [2.24, 2.45) is 22.9 Å². The summed E-state index contributed by atoms with van der Waals surface area (Å²) >= 11 is 0. The third kappa shape index (κ3) is 8.50. The summed E-state index contributed by atoms with van der Waals surface area (Å²) in [6.45, 7) is 10.4. The number of unbranched alkanes of at least 4 members (excludes halogenated alkanes) is 2. The second-order valence-corrected chi connectivity index (χ2v) is 14.2. The Morgan fingerprint density at radius 2 is 1.90 bits per heavy atom. The predicted molar refractivity (Wildman–Crippen MR) is 199 cm³/mol.